The Morgan fingerprint density at radius 1 is 1.56 bits per heavy atom. The molecule has 0 spiro atoms. The molecule has 0 N–H and O–H groups in total. The van der Waals surface area contributed by atoms with E-state index in [1.807, 2.05) is 25.7 Å². The average Bonchev–Trinajstić information content (AvgIpc) is 2.62. The summed E-state index contributed by atoms with van der Waals surface area (Å²) < 4.78 is 5.42. The van der Waals surface area contributed by atoms with Crippen LogP contribution in [0.4, 0.5) is 4.79 Å². The van der Waals surface area contributed by atoms with Crippen molar-refractivity contribution >= 4 is 22.0 Å². The van der Waals surface area contributed by atoms with Gasteiger partial charge in [0, 0.05) is 17.9 Å². The largest absolute Gasteiger partial charge is 0.444 e. The maximum absolute atomic E-state index is 12.0. The van der Waals surface area contributed by atoms with Gasteiger partial charge in [-0.2, -0.15) is 0 Å². The van der Waals surface area contributed by atoms with Crippen LogP contribution in [0, 0.1) is 5.92 Å². The minimum absolute atomic E-state index is 0.164. The van der Waals surface area contributed by atoms with Crippen molar-refractivity contribution < 1.29 is 9.53 Å². The second kappa shape index (κ2) is 5.39. The number of nitrogens with zero attached hydrogens (tertiary/aromatic N) is 1. The number of rotatable bonds is 2. The summed E-state index contributed by atoms with van der Waals surface area (Å²) in [5.41, 5.74) is -0.401. The van der Waals surface area contributed by atoms with Crippen molar-refractivity contribution in [1.82, 2.24) is 4.90 Å². The zero-order valence-electron chi connectivity index (χ0n) is 10.6. The molecule has 1 heterocycles. The van der Waals surface area contributed by atoms with E-state index in [-0.39, 0.29) is 6.09 Å². The van der Waals surface area contributed by atoms with Crippen LogP contribution in [0.25, 0.3) is 0 Å². The van der Waals surface area contributed by atoms with Crippen LogP contribution < -0.4 is 0 Å². The Balaban J connectivity index is 2.61. The van der Waals surface area contributed by atoms with Gasteiger partial charge in [0.15, 0.2) is 0 Å². The van der Waals surface area contributed by atoms with E-state index in [9.17, 15) is 4.79 Å². The second-order valence-corrected chi connectivity index (χ2v) is 6.16. The zero-order valence-corrected chi connectivity index (χ0v) is 12.2. The average molecular weight is 292 g/mol. The van der Waals surface area contributed by atoms with Crippen LogP contribution in [0.3, 0.4) is 0 Å². The van der Waals surface area contributed by atoms with Gasteiger partial charge in [-0.15, -0.1) is 0 Å². The number of ether oxygens (including phenoxy) is 1. The van der Waals surface area contributed by atoms with Crippen LogP contribution in [-0.4, -0.2) is 34.5 Å². The molecule has 1 aliphatic heterocycles. The Morgan fingerprint density at radius 2 is 2.19 bits per heavy atom. The highest BCUT2D eigenvalue weighted by atomic mass is 79.9. The zero-order chi connectivity index (χ0) is 12.3. The third-order valence-electron chi connectivity index (χ3n) is 2.83. The Morgan fingerprint density at radius 3 is 2.69 bits per heavy atom. The van der Waals surface area contributed by atoms with Gasteiger partial charge < -0.3 is 9.64 Å². The predicted molar refractivity (Wildman–Crippen MR) is 68.9 cm³/mol. The summed E-state index contributed by atoms with van der Waals surface area (Å²) in [4.78, 5) is 13.9. The van der Waals surface area contributed by atoms with E-state index in [1.54, 1.807) is 0 Å². The van der Waals surface area contributed by atoms with E-state index in [2.05, 4.69) is 22.9 Å². The first-order valence-electron chi connectivity index (χ1n) is 5.90. The Hall–Kier alpha value is -0.250. The number of hydrogen-bond donors (Lipinski definition) is 0. The molecule has 2 unspecified atom stereocenters. The minimum Gasteiger partial charge on any atom is -0.444 e. The fourth-order valence-corrected chi connectivity index (χ4v) is 2.47. The van der Waals surface area contributed by atoms with Crippen LogP contribution in [0.1, 0.15) is 40.5 Å². The minimum atomic E-state index is -0.401. The number of carbonyl (C=O) groups excluding carboxylic acids is 1. The third kappa shape index (κ3) is 3.65. The molecule has 1 rings (SSSR count). The lowest BCUT2D eigenvalue weighted by Crippen LogP contribution is -2.42. The van der Waals surface area contributed by atoms with Gasteiger partial charge in [-0.1, -0.05) is 22.9 Å². The highest BCUT2D eigenvalue weighted by Crippen LogP contribution is 2.26. The van der Waals surface area contributed by atoms with Crippen LogP contribution in [0.2, 0.25) is 0 Å². The molecule has 1 amide bonds. The molecule has 16 heavy (non-hydrogen) atoms. The first-order valence-corrected chi connectivity index (χ1v) is 7.03. The maximum Gasteiger partial charge on any atom is 0.410 e. The van der Waals surface area contributed by atoms with Crippen LogP contribution in [-0.2, 0) is 4.74 Å². The lowest BCUT2D eigenvalue weighted by molar-refractivity contribution is 0.0192. The van der Waals surface area contributed by atoms with Crippen molar-refractivity contribution in [3.8, 4) is 0 Å². The fraction of sp³-hybridized carbons (Fsp3) is 0.917. The first kappa shape index (κ1) is 13.8. The SMILES string of the molecule is CC(CBr)C1CCCN1C(=O)OC(C)(C)C. The number of hydrogen-bond acceptors (Lipinski definition) is 2. The molecule has 1 fully saturated rings. The normalized spacial score (nSPS) is 23.3. The number of alkyl halides is 1. The molecule has 2 atom stereocenters. The summed E-state index contributed by atoms with van der Waals surface area (Å²) in [5, 5.41) is 0.928. The van der Waals surface area contributed by atoms with Gasteiger partial charge in [0.1, 0.15) is 5.60 Å². The maximum atomic E-state index is 12.0. The topological polar surface area (TPSA) is 29.5 Å². The molecule has 0 bridgehead atoms. The van der Waals surface area contributed by atoms with Crippen molar-refractivity contribution in [1.29, 1.82) is 0 Å². The first-order chi connectivity index (χ1) is 7.35. The van der Waals surface area contributed by atoms with E-state index in [0.29, 0.717) is 12.0 Å². The van der Waals surface area contributed by atoms with Crippen LogP contribution >= 0.6 is 15.9 Å². The fourth-order valence-electron chi connectivity index (χ4n) is 2.03. The van der Waals surface area contributed by atoms with E-state index in [4.69, 9.17) is 4.74 Å². The molecule has 0 aliphatic carbocycles. The molecule has 0 saturated carbocycles. The van der Waals surface area contributed by atoms with E-state index in [1.165, 1.54) is 0 Å². The molecule has 4 heteroatoms. The monoisotopic (exact) mass is 291 g/mol. The van der Waals surface area contributed by atoms with Gasteiger partial charge in [-0.3, -0.25) is 0 Å². The van der Waals surface area contributed by atoms with Gasteiger partial charge >= 0.3 is 6.09 Å². The molecule has 0 aromatic carbocycles. The van der Waals surface area contributed by atoms with E-state index in [0.717, 1.165) is 24.7 Å². The van der Waals surface area contributed by atoms with Crippen molar-refractivity contribution in [2.45, 2.75) is 52.2 Å². The van der Waals surface area contributed by atoms with Gasteiger partial charge in [-0.05, 0) is 39.5 Å². The van der Waals surface area contributed by atoms with Gasteiger partial charge in [-0.25, -0.2) is 4.79 Å². The summed E-state index contributed by atoms with van der Waals surface area (Å²) in [6.45, 7) is 8.72. The smallest absolute Gasteiger partial charge is 0.410 e. The molecule has 0 aromatic rings. The van der Waals surface area contributed by atoms with Crippen LogP contribution in [0.5, 0.6) is 0 Å². The van der Waals surface area contributed by atoms with E-state index < -0.39 is 5.60 Å². The number of halogens is 1. The Kier molecular flexibility index (Phi) is 4.65. The highest BCUT2D eigenvalue weighted by Gasteiger charge is 2.34. The second-order valence-electron chi connectivity index (χ2n) is 5.51. The molecule has 1 saturated heterocycles. The van der Waals surface area contributed by atoms with Gasteiger partial charge in [0.05, 0.1) is 0 Å². The Labute approximate surface area is 107 Å². The van der Waals surface area contributed by atoms with Gasteiger partial charge in [0.2, 0.25) is 0 Å². The molecule has 94 valence electrons. The lowest BCUT2D eigenvalue weighted by Gasteiger charge is -2.31. The van der Waals surface area contributed by atoms with Crippen molar-refractivity contribution in [2.75, 3.05) is 11.9 Å². The third-order valence-corrected chi connectivity index (χ3v) is 3.85. The van der Waals surface area contributed by atoms with Crippen molar-refractivity contribution in [3.05, 3.63) is 0 Å². The lowest BCUT2D eigenvalue weighted by atomic mass is 10.0. The molecule has 1 aliphatic rings. The standard InChI is InChI=1S/C12H22BrNO2/c1-9(8-13)10-6-5-7-14(10)11(15)16-12(2,3)4/h9-10H,5-8H2,1-4H3. The Bertz CT molecular complexity index is 250. The molecular formula is C12H22BrNO2. The van der Waals surface area contributed by atoms with Gasteiger partial charge in [0.25, 0.3) is 0 Å². The summed E-state index contributed by atoms with van der Waals surface area (Å²) in [6, 6.07) is 0.328. The van der Waals surface area contributed by atoms with Crippen molar-refractivity contribution in [2.24, 2.45) is 5.92 Å². The number of amides is 1. The quantitative estimate of drug-likeness (QED) is 0.730. The number of carbonyl (C=O) groups is 1. The highest BCUT2D eigenvalue weighted by molar-refractivity contribution is 9.09. The van der Waals surface area contributed by atoms with Crippen molar-refractivity contribution in [3.63, 3.8) is 0 Å². The van der Waals surface area contributed by atoms with E-state index >= 15 is 0 Å². The molecule has 3 nitrogen and oxygen atoms in total. The number of likely N-dealkylation sites (tertiary alicyclic amines) is 1. The predicted octanol–water partition coefficient (Wildman–Crippen LogP) is 3.42. The summed E-state index contributed by atoms with van der Waals surface area (Å²) in [6.07, 6.45) is 2.01. The van der Waals surface area contributed by atoms with Crippen LogP contribution in [0.15, 0.2) is 0 Å². The molecular weight excluding hydrogens is 270 g/mol. The summed E-state index contributed by atoms with van der Waals surface area (Å²) in [5.74, 6) is 0.481. The molecule has 0 radical (unpaired) electrons. The molecule has 0 aromatic heterocycles. The summed E-state index contributed by atoms with van der Waals surface area (Å²) >= 11 is 3.48. The summed E-state index contributed by atoms with van der Waals surface area (Å²) in [7, 11) is 0.